The van der Waals surface area contributed by atoms with Gasteiger partial charge in [0, 0.05) is 0 Å². The lowest BCUT2D eigenvalue weighted by molar-refractivity contribution is -0.929. The SMILES string of the molecule is CCCC[N+](C)(CCCC)CCCC.CCCC[N+](CCCC)(CCCC)CCCC. The van der Waals surface area contributed by atoms with Gasteiger partial charge in [0.2, 0.25) is 0 Å². The molecule has 0 aromatic carbocycles. The third-order valence-electron chi connectivity index (χ3n) is 7.10. The van der Waals surface area contributed by atoms with Gasteiger partial charge in [0.25, 0.3) is 0 Å². The molecule has 2 nitrogen and oxygen atoms in total. The lowest BCUT2D eigenvalue weighted by Gasteiger charge is -2.39. The second-order valence-electron chi connectivity index (χ2n) is 10.5. The summed E-state index contributed by atoms with van der Waals surface area (Å²) in [7, 11) is 2.45. The van der Waals surface area contributed by atoms with Crippen molar-refractivity contribution in [1.29, 1.82) is 0 Å². The maximum absolute atomic E-state index is 2.45. The van der Waals surface area contributed by atoms with Crippen LogP contribution in [0, 0.1) is 0 Å². The van der Waals surface area contributed by atoms with E-state index in [1.54, 1.807) is 0 Å². The molecule has 0 unspecified atom stereocenters. The monoisotopic (exact) mass is 443 g/mol. The quantitative estimate of drug-likeness (QED) is 0.156. The summed E-state index contributed by atoms with van der Waals surface area (Å²) in [6.07, 6.45) is 19.3. The van der Waals surface area contributed by atoms with Gasteiger partial charge in [-0.25, -0.2) is 0 Å². The highest BCUT2D eigenvalue weighted by Crippen LogP contribution is 2.16. The molecule has 0 heterocycles. The number of hydrogen-bond acceptors (Lipinski definition) is 0. The second kappa shape index (κ2) is 23.1. The van der Waals surface area contributed by atoms with Crippen molar-refractivity contribution in [3.05, 3.63) is 0 Å². The summed E-state index contributed by atoms with van der Waals surface area (Å²) in [6.45, 7) is 26.1. The minimum atomic E-state index is 1.32. The predicted molar refractivity (Wildman–Crippen MR) is 145 cm³/mol. The zero-order chi connectivity index (χ0) is 23.8. The van der Waals surface area contributed by atoms with E-state index in [2.05, 4.69) is 55.5 Å². The van der Waals surface area contributed by atoms with Crippen LogP contribution in [0.25, 0.3) is 0 Å². The van der Waals surface area contributed by atoms with Crippen molar-refractivity contribution in [2.75, 3.05) is 52.9 Å². The van der Waals surface area contributed by atoms with E-state index in [0.717, 1.165) is 0 Å². The Morgan fingerprint density at radius 3 is 0.710 bits per heavy atom. The molecular weight excluding hydrogens is 376 g/mol. The smallest absolute Gasteiger partial charge is 0.0786 e. The van der Waals surface area contributed by atoms with Crippen LogP contribution in [0.15, 0.2) is 0 Å². The molecule has 31 heavy (non-hydrogen) atoms. The van der Waals surface area contributed by atoms with E-state index in [9.17, 15) is 0 Å². The van der Waals surface area contributed by atoms with E-state index in [-0.39, 0.29) is 0 Å². The molecule has 2 heteroatoms. The van der Waals surface area contributed by atoms with Crippen LogP contribution in [0.3, 0.4) is 0 Å². The standard InChI is InChI=1S/C16H36N.C13H30N/c1-5-9-13-17(14-10-6-2,15-11-7-3)16-12-8-4;1-5-8-11-14(4,12-9-6-2)13-10-7-3/h5-16H2,1-4H3;5-13H2,1-4H3/q2*+1. The van der Waals surface area contributed by atoms with Crippen molar-refractivity contribution in [3.8, 4) is 0 Å². The average molecular weight is 443 g/mol. The fourth-order valence-electron chi connectivity index (χ4n) is 4.60. The van der Waals surface area contributed by atoms with Gasteiger partial charge in [-0.3, -0.25) is 0 Å². The maximum Gasteiger partial charge on any atom is 0.0786 e. The van der Waals surface area contributed by atoms with Crippen molar-refractivity contribution in [1.82, 2.24) is 0 Å². The Labute approximate surface area is 200 Å². The normalized spacial score (nSPS) is 12.0. The summed E-state index contributed by atoms with van der Waals surface area (Å²) in [6, 6.07) is 0. The van der Waals surface area contributed by atoms with E-state index in [1.165, 1.54) is 145 Å². The third kappa shape index (κ3) is 19.1. The van der Waals surface area contributed by atoms with Crippen molar-refractivity contribution in [2.24, 2.45) is 0 Å². The average Bonchev–Trinajstić information content (AvgIpc) is 2.79. The van der Waals surface area contributed by atoms with Crippen LogP contribution in [0.1, 0.15) is 138 Å². The Hall–Kier alpha value is -0.0800. The van der Waals surface area contributed by atoms with E-state index < -0.39 is 0 Å². The molecule has 0 saturated heterocycles. The van der Waals surface area contributed by atoms with Gasteiger partial charge in [0.05, 0.1) is 52.9 Å². The summed E-state index contributed by atoms with van der Waals surface area (Å²) < 4.78 is 2.74. The van der Waals surface area contributed by atoms with Gasteiger partial charge in [-0.15, -0.1) is 0 Å². The maximum atomic E-state index is 2.45. The number of nitrogens with zero attached hydrogens (tertiary/aromatic N) is 2. The molecule has 0 aromatic rings. The van der Waals surface area contributed by atoms with Crippen LogP contribution in [-0.2, 0) is 0 Å². The second-order valence-corrected chi connectivity index (χ2v) is 10.5. The molecule has 0 fully saturated rings. The summed E-state index contributed by atoms with van der Waals surface area (Å²) in [5, 5.41) is 0. The van der Waals surface area contributed by atoms with Gasteiger partial charge in [-0.1, -0.05) is 93.4 Å². The molecule has 0 aliphatic rings. The minimum Gasteiger partial charge on any atom is -0.326 e. The molecule has 0 bridgehead atoms. The Morgan fingerprint density at radius 1 is 0.323 bits per heavy atom. The molecule has 0 rings (SSSR count). The highest BCUT2D eigenvalue weighted by atomic mass is 15.3. The Morgan fingerprint density at radius 2 is 0.516 bits per heavy atom. The van der Waals surface area contributed by atoms with Crippen molar-refractivity contribution < 1.29 is 8.97 Å². The number of hydrogen-bond donors (Lipinski definition) is 0. The molecule has 0 atom stereocenters. The number of quaternary nitrogens is 2. The van der Waals surface area contributed by atoms with Crippen LogP contribution >= 0.6 is 0 Å². The summed E-state index contributed by atoms with van der Waals surface area (Å²) in [5.41, 5.74) is 0. The van der Waals surface area contributed by atoms with Crippen LogP contribution in [-0.4, -0.2) is 61.8 Å². The minimum absolute atomic E-state index is 1.32. The van der Waals surface area contributed by atoms with E-state index >= 15 is 0 Å². The molecule has 0 amide bonds. The molecular formula is C29H66N2+2. The first-order valence-corrected chi connectivity index (χ1v) is 14.6. The Balaban J connectivity index is 0. The summed E-state index contributed by atoms with van der Waals surface area (Å²) >= 11 is 0. The fraction of sp³-hybridized carbons (Fsp3) is 1.00. The van der Waals surface area contributed by atoms with Gasteiger partial charge in [-0.05, 0) is 44.9 Å². The van der Waals surface area contributed by atoms with Crippen LogP contribution in [0.5, 0.6) is 0 Å². The van der Waals surface area contributed by atoms with Crippen LogP contribution in [0.4, 0.5) is 0 Å². The molecule has 0 aromatic heterocycles. The molecule has 0 radical (unpaired) electrons. The first kappa shape index (κ1) is 33.1. The summed E-state index contributed by atoms with van der Waals surface area (Å²) in [5.74, 6) is 0. The summed E-state index contributed by atoms with van der Waals surface area (Å²) in [4.78, 5) is 0. The molecule has 190 valence electrons. The number of rotatable bonds is 21. The lowest BCUT2D eigenvalue weighted by atomic mass is 10.1. The van der Waals surface area contributed by atoms with Gasteiger partial charge < -0.3 is 8.97 Å². The predicted octanol–water partition coefficient (Wildman–Crippen LogP) is 8.84. The largest absolute Gasteiger partial charge is 0.326 e. The lowest BCUT2D eigenvalue weighted by Crippen LogP contribution is -2.50. The first-order chi connectivity index (χ1) is 14.9. The molecule has 0 spiro atoms. The van der Waals surface area contributed by atoms with Gasteiger partial charge in [0.15, 0.2) is 0 Å². The number of unbranched alkanes of at least 4 members (excludes halogenated alkanes) is 7. The van der Waals surface area contributed by atoms with Crippen LogP contribution < -0.4 is 0 Å². The zero-order valence-electron chi connectivity index (χ0n) is 23.7. The molecule has 0 aliphatic heterocycles. The van der Waals surface area contributed by atoms with E-state index in [1.807, 2.05) is 0 Å². The Bertz CT molecular complexity index is 280. The highest BCUT2D eigenvalue weighted by Gasteiger charge is 2.24. The topological polar surface area (TPSA) is 0 Å². The highest BCUT2D eigenvalue weighted by molar-refractivity contribution is 4.49. The Kier molecular flexibility index (Phi) is 24.7. The fourth-order valence-corrected chi connectivity index (χ4v) is 4.60. The zero-order valence-corrected chi connectivity index (χ0v) is 23.7. The van der Waals surface area contributed by atoms with Gasteiger partial charge >= 0.3 is 0 Å². The van der Waals surface area contributed by atoms with Gasteiger partial charge in [-0.2, -0.15) is 0 Å². The van der Waals surface area contributed by atoms with Crippen molar-refractivity contribution >= 4 is 0 Å². The molecule has 0 saturated carbocycles. The van der Waals surface area contributed by atoms with Crippen molar-refractivity contribution in [2.45, 2.75) is 138 Å². The molecule has 0 aliphatic carbocycles. The molecule has 0 N–H and O–H groups in total. The first-order valence-electron chi connectivity index (χ1n) is 14.6. The van der Waals surface area contributed by atoms with Crippen LogP contribution in [0.2, 0.25) is 0 Å². The van der Waals surface area contributed by atoms with Gasteiger partial charge in [0.1, 0.15) is 0 Å². The van der Waals surface area contributed by atoms with Crippen molar-refractivity contribution in [3.63, 3.8) is 0 Å². The van der Waals surface area contributed by atoms with E-state index in [0.29, 0.717) is 0 Å². The van der Waals surface area contributed by atoms with E-state index in [4.69, 9.17) is 0 Å². The third-order valence-corrected chi connectivity index (χ3v) is 7.10.